The number of alkyl halides is 5. The third-order valence-electron chi connectivity index (χ3n) is 5.31. The van der Waals surface area contributed by atoms with Gasteiger partial charge in [0.25, 0.3) is 5.91 Å². The van der Waals surface area contributed by atoms with Crippen molar-refractivity contribution in [2.24, 2.45) is 5.92 Å². The van der Waals surface area contributed by atoms with E-state index in [4.69, 9.17) is 0 Å². The van der Waals surface area contributed by atoms with Gasteiger partial charge in [-0.2, -0.15) is 18.3 Å². The minimum atomic E-state index is -4.86. The molecule has 174 valence electrons. The third kappa shape index (κ3) is 5.22. The number of aryl methyl sites for hydroxylation is 1. The average molecular weight is 460 g/mol. The molecule has 1 aliphatic rings. The molecule has 0 atom stereocenters. The summed E-state index contributed by atoms with van der Waals surface area (Å²) in [4.78, 5) is 28.3. The highest BCUT2D eigenvalue weighted by Crippen LogP contribution is 2.38. The smallest absolute Gasteiger partial charge is 0.420 e. The van der Waals surface area contributed by atoms with Gasteiger partial charge in [0.2, 0.25) is 5.92 Å². The van der Waals surface area contributed by atoms with Gasteiger partial charge in [-0.1, -0.05) is 0 Å². The van der Waals surface area contributed by atoms with Gasteiger partial charge in [0, 0.05) is 31.3 Å². The number of esters is 1. The fraction of sp³-hybridized carbons (Fsp3) is 0.500. The number of carbonyl (C=O) groups is 2. The van der Waals surface area contributed by atoms with Crippen LogP contribution in [0.4, 0.5) is 27.6 Å². The zero-order chi connectivity index (χ0) is 23.7. The molecule has 1 aliphatic carbocycles. The molecule has 0 aliphatic heterocycles. The highest BCUT2D eigenvalue weighted by atomic mass is 19.4. The van der Waals surface area contributed by atoms with Crippen molar-refractivity contribution in [1.29, 1.82) is 0 Å². The predicted octanol–water partition coefficient (Wildman–Crippen LogP) is 4.47. The van der Waals surface area contributed by atoms with Gasteiger partial charge in [-0.3, -0.25) is 9.48 Å². The predicted molar refractivity (Wildman–Crippen MR) is 102 cm³/mol. The molecule has 2 aromatic rings. The largest absolute Gasteiger partial charge is 0.464 e. The molecule has 0 radical (unpaired) electrons. The van der Waals surface area contributed by atoms with Crippen LogP contribution in [-0.2, 0) is 17.5 Å². The zero-order valence-electron chi connectivity index (χ0n) is 17.3. The van der Waals surface area contributed by atoms with Crippen molar-refractivity contribution in [2.75, 3.05) is 12.4 Å². The molecular formula is C20H21F5N4O3. The van der Waals surface area contributed by atoms with E-state index in [9.17, 15) is 31.5 Å². The van der Waals surface area contributed by atoms with Crippen LogP contribution in [0.25, 0.3) is 0 Å². The number of carbonyl (C=O) groups excluding carboxylic acids is 2. The fourth-order valence-electron chi connectivity index (χ4n) is 3.73. The Morgan fingerprint density at radius 3 is 2.53 bits per heavy atom. The van der Waals surface area contributed by atoms with Crippen LogP contribution in [0.1, 0.15) is 57.9 Å². The van der Waals surface area contributed by atoms with E-state index in [1.165, 1.54) is 12.3 Å². The number of nitrogens with one attached hydrogen (secondary N) is 1. The van der Waals surface area contributed by atoms with Crippen LogP contribution in [0.15, 0.2) is 18.3 Å². The topological polar surface area (TPSA) is 86.1 Å². The van der Waals surface area contributed by atoms with E-state index >= 15 is 0 Å². The quantitative estimate of drug-likeness (QED) is 0.526. The first kappa shape index (κ1) is 23.6. The Hall–Kier alpha value is -3.05. The lowest BCUT2D eigenvalue weighted by Gasteiger charge is -2.28. The van der Waals surface area contributed by atoms with Gasteiger partial charge in [0.1, 0.15) is 17.0 Å². The summed E-state index contributed by atoms with van der Waals surface area (Å²) < 4.78 is 73.5. The summed E-state index contributed by atoms with van der Waals surface area (Å²) in [5.41, 5.74) is -2.42. The van der Waals surface area contributed by atoms with Crippen molar-refractivity contribution in [1.82, 2.24) is 14.8 Å². The Morgan fingerprint density at radius 1 is 1.28 bits per heavy atom. The molecule has 12 heteroatoms. The van der Waals surface area contributed by atoms with Crippen LogP contribution in [0.3, 0.4) is 0 Å². The Bertz CT molecular complexity index is 1010. The standard InChI is InChI=1S/C20H21F5N4O3/c1-11-15(20(23,24)25)16(29(28-11)10-12-3-6-19(21,22)7-4-12)17(30)27-13-5-8-26-14(9-13)18(31)32-2/h5,8-9,12H,3-4,6-7,10H2,1-2H3,(H,26,27,30). The molecular weight excluding hydrogens is 439 g/mol. The number of pyridine rings is 1. The Morgan fingerprint density at radius 2 is 1.94 bits per heavy atom. The highest BCUT2D eigenvalue weighted by Gasteiger charge is 2.42. The Kier molecular flexibility index (Phi) is 6.51. The third-order valence-corrected chi connectivity index (χ3v) is 5.31. The van der Waals surface area contributed by atoms with Gasteiger partial charge in [-0.05, 0) is 37.8 Å². The Balaban J connectivity index is 1.91. The summed E-state index contributed by atoms with van der Waals surface area (Å²) in [5, 5.41) is 6.22. The van der Waals surface area contributed by atoms with E-state index < -0.39 is 40.9 Å². The van der Waals surface area contributed by atoms with Crippen molar-refractivity contribution >= 4 is 17.6 Å². The molecule has 2 aromatic heterocycles. The minimum absolute atomic E-state index is 0.0289. The van der Waals surface area contributed by atoms with Gasteiger partial charge in [0.05, 0.1) is 12.8 Å². The Labute approximate surface area is 180 Å². The summed E-state index contributed by atoms with van der Waals surface area (Å²) in [6.45, 7) is 1.03. The molecule has 0 bridgehead atoms. The van der Waals surface area contributed by atoms with Crippen molar-refractivity contribution in [3.63, 3.8) is 0 Å². The van der Waals surface area contributed by atoms with E-state index in [0.29, 0.717) is 0 Å². The van der Waals surface area contributed by atoms with Gasteiger partial charge < -0.3 is 10.1 Å². The van der Waals surface area contributed by atoms with Gasteiger partial charge >= 0.3 is 12.1 Å². The molecule has 0 saturated heterocycles. The molecule has 0 unspecified atom stereocenters. The number of rotatable bonds is 5. The number of ether oxygens (including phenoxy) is 1. The molecule has 2 heterocycles. The monoisotopic (exact) mass is 460 g/mol. The SMILES string of the molecule is COC(=O)c1cc(NC(=O)c2c(C(F)(F)F)c(C)nn2CC2CCC(F)(F)CC2)ccn1. The molecule has 1 saturated carbocycles. The van der Waals surface area contributed by atoms with E-state index in [1.807, 2.05) is 0 Å². The summed E-state index contributed by atoms with van der Waals surface area (Å²) in [6, 6.07) is 2.46. The number of hydrogen-bond acceptors (Lipinski definition) is 5. The van der Waals surface area contributed by atoms with Gasteiger partial charge in [-0.15, -0.1) is 0 Å². The fourth-order valence-corrected chi connectivity index (χ4v) is 3.73. The zero-order valence-corrected chi connectivity index (χ0v) is 17.3. The molecule has 0 spiro atoms. The van der Waals surface area contributed by atoms with Crippen LogP contribution in [-0.4, -0.2) is 39.7 Å². The molecule has 7 nitrogen and oxygen atoms in total. The molecule has 1 amide bonds. The maximum atomic E-state index is 13.7. The number of amides is 1. The number of nitrogens with zero attached hydrogens (tertiary/aromatic N) is 3. The van der Waals surface area contributed by atoms with Crippen molar-refractivity contribution in [2.45, 2.75) is 51.3 Å². The first-order chi connectivity index (χ1) is 14.9. The highest BCUT2D eigenvalue weighted by molar-refractivity contribution is 6.04. The summed E-state index contributed by atoms with van der Waals surface area (Å²) >= 11 is 0. The number of aromatic nitrogens is 3. The van der Waals surface area contributed by atoms with Crippen LogP contribution >= 0.6 is 0 Å². The maximum absolute atomic E-state index is 13.7. The first-order valence-corrected chi connectivity index (χ1v) is 9.79. The molecule has 1 N–H and O–H groups in total. The van der Waals surface area contributed by atoms with E-state index in [2.05, 4.69) is 20.1 Å². The van der Waals surface area contributed by atoms with Crippen LogP contribution in [0.5, 0.6) is 0 Å². The lowest BCUT2D eigenvalue weighted by atomic mass is 9.87. The maximum Gasteiger partial charge on any atom is 0.420 e. The molecule has 0 aromatic carbocycles. The first-order valence-electron chi connectivity index (χ1n) is 9.79. The second-order valence-electron chi connectivity index (χ2n) is 7.66. The van der Waals surface area contributed by atoms with Gasteiger partial charge in [-0.25, -0.2) is 18.6 Å². The van der Waals surface area contributed by atoms with E-state index in [0.717, 1.165) is 24.8 Å². The van der Waals surface area contributed by atoms with Crippen molar-refractivity contribution in [3.05, 3.63) is 41.0 Å². The summed E-state index contributed by atoms with van der Waals surface area (Å²) in [5.74, 6) is -5.01. The van der Waals surface area contributed by atoms with Crippen LogP contribution in [0.2, 0.25) is 0 Å². The molecule has 32 heavy (non-hydrogen) atoms. The average Bonchev–Trinajstić information content (AvgIpc) is 3.05. The van der Waals surface area contributed by atoms with Crippen molar-refractivity contribution < 1.29 is 36.3 Å². The number of anilines is 1. The second-order valence-corrected chi connectivity index (χ2v) is 7.66. The van der Waals surface area contributed by atoms with Crippen LogP contribution < -0.4 is 5.32 Å². The molecule has 1 fully saturated rings. The van der Waals surface area contributed by atoms with E-state index in [1.54, 1.807) is 0 Å². The summed E-state index contributed by atoms with van der Waals surface area (Å²) in [6.07, 6.45) is -4.17. The number of hydrogen-bond donors (Lipinski definition) is 1. The van der Waals surface area contributed by atoms with Crippen molar-refractivity contribution in [3.8, 4) is 0 Å². The van der Waals surface area contributed by atoms with Gasteiger partial charge in [0.15, 0.2) is 0 Å². The number of methoxy groups -OCH3 is 1. The normalized spacial score (nSPS) is 16.6. The minimum Gasteiger partial charge on any atom is -0.464 e. The summed E-state index contributed by atoms with van der Waals surface area (Å²) in [7, 11) is 1.13. The second kappa shape index (κ2) is 8.83. The van der Waals surface area contributed by atoms with E-state index in [-0.39, 0.29) is 49.5 Å². The lowest BCUT2D eigenvalue weighted by molar-refractivity contribution is -0.138. The number of halogens is 5. The molecule has 3 rings (SSSR count). The lowest BCUT2D eigenvalue weighted by Crippen LogP contribution is -2.29. The van der Waals surface area contributed by atoms with Crippen LogP contribution in [0, 0.1) is 12.8 Å².